The van der Waals surface area contributed by atoms with Crippen LogP contribution in [0.4, 0.5) is 0 Å². The first-order valence-corrected chi connectivity index (χ1v) is 10.3. The van der Waals surface area contributed by atoms with Gasteiger partial charge < -0.3 is 5.32 Å². The molecule has 0 radical (unpaired) electrons. The molecule has 0 spiro atoms. The van der Waals surface area contributed by atoms with Crippen molar-refractivity contribution in [1.29, 1.82) is 0 Å². The molecular weight excluding hydrogens is 350 g/mol. The second-order valence-corrected chi connectivity index (χ2v) is 8.68. The number of rotatable bonds is 5. The second-order valence-electron chi connectivity index (χ2n) is 7.19. The van der Waals surface area contributed by atoms with Crippen molar-refractivity contribution in [2.45, 2.75) is 42.4 Å². The molecule has 2 aliphatic rings. The molecule has 3 atom stereocenters. The lowest BCUT2D eigenvalue weighted by Gasteiger charge is -2.22. The van der Waals surface area contributed by atoms with Gasteiger partial charge in [-0.3, -0.25) is 4.79 Å². The van der Waals surface area contributed by atoms with Gasteiger partial charge in [-0.05, 0) is 73.1 Å². The van der Waals surface area contributed by atoms with Crippen molar-refractivity contribution in [3.05, 3.63) is 64.7 Å². The predicted molar refractivity (Wildman–Crippen MR) is 104 cm³/mol. The Balaban J connectivity index is 1.31. The molecule has 0 saturated heterocycles. The summed E-state index contributed by atoms with van der Waals surface area (Å²) in [5.74, 6) is 2.52. The molecule has 2 saturated carbocycles. The molecule has 0 heterocycles. The molecule has 2 aromatic carbocycles. The molecule has 0 unspecified atom stereocenters. The van der Waals surface area contributed by atoms with Crippen LogP contribution in [0.5, 0.6) is 0 Å². The van der Waals surface area contributed by atoms with E-state index in [1.165, 1.54) is 36.1 Å². The highest BCUT2D eigenvalue weighted by Gasteiger charge is 2.40. The molecule has 4 rings (SSSR count). The summed E-state index contributed by atoms with van der Waals surface area (Å²) in [6.45, 7) is 0. The molecule has 1 amide bonds. The van der Waals surface area contributed by atoms with Gasteiger partial charge in [0.05, 0.1) is 0 Å². The molecule has 25 heavy (non-hydrogen) atoms. The SMILES string of the molecule is O=C(N[C@H]1C[C@@H]2CC[C@H]1C2)c1ccc(CSc2ccc(Cl)cc2)cc1. The number of carbonyl (C=O) groups is 1. The minimum absolute atomic E-state index is 0.0782. The quantitative estimate of drug-likeness (QED) is 0.698. The fourth-order valence-electron chi connectivity index (χ4n) is 4.12. The molecule has 1 N–H and O–H groups in total. The van der Waals surface area contributed by atoms with E-state index in [0.29, 0.717) is 12.0 Å². The number of carbonyl (C=O) groups excluding carboxylic acids is 1. The van der Waals surface area contributed by atoms with Gasteiger partial charge in [0.15, 0.2) is 0 Å². The van der Waals surface area contributed by atoms with Crippen molar-refractivity contribution in [2.75, 3.05) is 0 Å². The maximum absolute atomic E-state index is 12.5. The van der Waals surface area contributed by atoms with Gasteiger partial charge in [0, 0.05) is 27.3 Å². The Hall–Kier alpha value is -1.45. The smallest absolute Gasteiger partial charge is 0.251 e. The van der Waals surface area contributed by atoms with Crippen LogP contribution < -0.4 is 5.32 Å². The summed E-state index contributed by atoms with van der Waals surface area (Å²) in [6.07, 6.45) is 5.13. The van der Waals surface area contributed by atoms with Crippen LogP contribution in [0, 0.1) is 11.8 Å². The molecule has 2 aromatic rings. The van der Waals surface area contributed by atoms with Crippen molar-refractivity contribution in [2.24, 2.45) is 11.8 Å². The third kappa shape index (κ3) is 4.04. The monoisotopic (exact) mass is 371 g/mol. The van der Waals surface area contributed by atoms with E-state index in [0.717, 1.165) is 22.3 Å². The highest BCUT2D eigenvalue weighted by atomic mass is 35.5. The van der Waals surface area contributed by atoms with Gasteiger partial charge in [0.25, 0.3) is 5.91 Å². The first-order valence-electron chi connectivity index (χ1n) is 8.95. The van der Waals surface area contributed by atoms with E-state index < -0.39 is 0 Å². The lowest BCUT2D eigenvalue weighted by atomic mass is 9.95. The van der Waals surface area contributed by atoms with Crippen LogP contribution in [0.2, 0.25) is 5.02 Å². The molecule has 2 aliphatic carbocycles. The second kappa shape index (κ2) is 7.43. The van der Waals surface area contributed by atoms with Crippen molar-refractivity contribution >= 4 is 29.3 Å². The normalized spacial score (nSPS) is 24.4. The van der Waals surface area contributed by atoms with Gasteiger partial charge in [-0.15, -0.1) is 11.8 Å². The summed E-state index contributed by atoms with van der Waals surface area (Å²) in [5.41, 5.74) is 1.99. The molecule has 130 valence electrons. The standard InChI is InChI=1S/C21H22ClNOS/c22-18-7-9-19(10-8-18)25-13-14-1-4-16(5-2-14)21(24)23-20-12-15-3-6-17(20)11-15/h1-2,4-5,7-10,15,17,20H,3,6,11-13H2,(H,23,24)/t15-,17+,20+/m1/s1. The fraction of sp³-hybridized carbons (Fsp3) is 0.381. The first-order chi connectivity index (χ1) is 12.2. The largest absolute Gasteiger partial charge is 0.349 e. The van der Waals surface area contributed by atoms with Gasteiger partial charge in [0.2, 0.25) is 0 Å². The fourth-order valence-corrected chi connectivity index (χ4v) is 5.10. The highest BCUT2D eigenvalue weighted by molar-refractivity contribution is 7.98. The van der Waals surface area contributed by atoms with Gasteiger partial charge in [-0.2, -0.15) is 0 Å². The number of thioether (sulfide) groups is 1. The van der Waals surface area contributed by atoms with Crippen LogP contribution >= 0.6 is 23.4 Å². The molecule has 2 nitrogen and oxygen atoms in total. The number of benzene rings is 2. The van der Waals surface area contributed by atoms with Crippen molar-refractivity contribution in [1.82, 2.24) is 5.32 Å². The Morgan fingerprint density at radius 1 is 1.04 bits per heavy atom. The Morgan fingerprint density at radius 3 is 2.44 bits per heavy atom. The summed E-state index contributed by atoms with van der Waals surface area (Å²) in [7, 11) is 0. The Bertz CT molecular complexity index is 743. The Labute approximate surface area is 158 Å². The maximum Gasteiger partial charge on any atom is 0.251 e. The predicted octanol–water partition coefficient (Wildman–Crippen LogP) is 5.55. The van der Waals surface area contributed by atoms with E-state index in [-0.39, 0.29) is 5.91 Å². The lowest BCUT2D eigenvalue weighted by molar-refractivity contribution is 0.0923. The van der Waals surface area contributed by atoms with E-state index in [2.05, 4.69) is 17.4 Å². The maximum atomic E-state index is 12.5. The van der Waals surface area contributed by atoms with Crippen LogP contribution in [-0.4, -0.2) is 11.9 Å². The topological polar surface area (TPSA) is 29.1 Å². The number of hydrogen-bond donors (Lipinski definition) is 1. The molecule has 4 heteroatoms. The number of nitrogens with one attached hydrogen (secondary N) is 1. The van der Waals surface area contributed by atoms with Crippen LogP contribution in [0.3, 0.4) is 0 Å². The third-order valence-corrected chi connectivity index (χ3v) is 6.82. The zero-order valence-electron chi connectivity index (χ0n) is 14.1. The summed E-state index contributed by atoms with van der Waals surface area (Å²) in [6, 6.07) is 16.3. The molecular formula is C21H22ClNOS. The number of hydrogen-bond acceptors (Lipinski definition) is 2. The lowest BCUT2D eigenvalue weighted by Crippen LogP contribution is -2.38. The zero-order chi connectivity index (χ0) is 17.2. The average molecular weight is 372 g/mol. The van der Waals surface area contributed by atoms with Crippen molar-refractivity contribution in [3.63, 3.8) is 0 Å². The summed E-state index contributed by atoms with van der Waals surface area (Å²) >= 11 is 7.68. The van der Waals surface area contributed by atoms with E-state index in [9.17, 15) is 4.79 Å². The number of fused-ring (bicyclic) bond motifs is 2. The summed E-state index contributed by atoms with van der Waals surface area (Å²) in [4.78, 5) is 13.7. The van der Waals surface area contributed by atoms with E-state index in [1.807, 2.05) is 36.4 Å². The van der Waals surface area contributed by atoms with Crippen LogP contribution in [0.15, 0.2) is 53.4 Å². The molecule has 2 fully saturated rings. The van der Waals surface area contributed by atoms with Crippen LogP contribution in [0.25, 0.3) is 0 Å². The van der Waals surface area contributed by atoms with E-state index >= 15 is 0 Å². The number of amides is 1. The minimum atomic E-state index is 0.0782. The third-order valence-electron chi connectivity index (χ3n) is 5.49. The Kier molecular flexibility index (Phi) is 5.05. The zero-order valence-corrected chi connectivity index (χ0v) is 15.7. The van der Waals surface area contributed by atoms with E-state index in [1.54, 1.807) is 11.8 Å². The first kappa shape index (κ1) is 17.0. The van der Waals surface area contributed by atoms with Gasteiger partial charge in [-0.25, -0.2) is 0 Å². The molecule has 0 aromatic heterocycles. The van der Waals surface area contributed by atoms with Crippen LogP contribution in [0.1, 0.15) is 41.6 Å². The Morgan fingerprint density at radius 2 is 1.80 bits per heavy atom. The van der Waals surface area contributed by atoms with Gasteiger partial charge in [-0.1, -0.05) is 30.2 Å². The van der Waals surface area contributed by atoms with Gasteiger partial charge >= 0.3 is 0 Å². The van der Waals surface area contributed by atoms with Crippen LogP contribution in [-0.2, 0) is 5.75 Å². The van der Waals surface area contributed by atoms with Gasteiger partial charge in [0.1, 0.15) is 0 Å². The average Bonchev–Trinajstić information content (AvgIpc) is 3.25. The summed E-state index contributed by atoms with van der Waals surface area (Å²) < 4.78 is 0. The van der Waals surface area contributed by atoms with Crippen molar-refractivity contribution < 1.29 is 4.79 Å². The van der Waals surface area contributed by atoms with Crippen molar-refractivity contribution in [3.8, 4) is 0 Å². The molecule has 0 aliphatic heterocycles. The van der Waals surface area contributed by atoms with E-state index in [4.69, 9.17) is 11.6 Å². The summed E-state index contributed by atoms with van der Waals surface area (Å²) in [5, 5.41) is 4.01. The molecule has 2 bridgehead atoms. The number of halogens is 1. The minimum Gasteiger partial charge on any atom is -0.349 e. The highest BCUT2D eigenvalue weighted by Crippen LogP contribution is 2.44.